The third-order valence-electron chi connectivity index (χ3n) is 5.34. The molecule has 10 heteroatoms. The Kier molecular flexibility index (Phi) is 5.68. The summed E-state index contributed by atoms with van der Waals surface area (Å²) in [4.78, 5) is 14.2. The molecule has 2 aromatic heterocycles. The molecule has 0 aliphatic carbocycles. The van der Waals surface area contributed by atoms with E-state index in [1.807, 2.05) is 13.0 Å². The van der Waals surface area contributed by atoms with Crippen LogP contribution in [-0.2, 0) is 6.54 Å². The highest BCUT2D eigenvalue weighted by atomic mass is 19.1. The number of hydrogen-bond acceptors (Lipinski definition) is 7. The second-order valence-corrected chi connectivity index (χ2v) is 7.62. The van der Waals surface area contributed by atoms with Gasteiger partial charge in [0.15, 0.2) is 5.82 Å². The van der Waals surface area contributed by atoms with Crippen molar-refractivity contribution in [3.05, 3.63) is 59.4 Å². The number of anilines is 2. The van der Waals surface area contributed by atoms with Crippen LogP contribution < -0.4 is 11.1 Å². The van der Waals surface area contributed by atoms with E-state index in [1.54, 1.807) is 23.0 Å². The quantitative estimate of drug-likeness (QED) is 0.624. The summed E-state index contributed by atoms with van der Waals surface area (Å²) in [5, 5.41) is 21.2. The average Bonchev–Trinajstić information content (AvgIpc) is 3.36. The lowest BCUT2D eigenvalue weighted by atomic mass is 9.93. The van der Waals surface area contributed by atoms with Crippen molar-refractivity contribution >= 4 is 17.4 Å². The maximum Gasteiger partial charge on any atom is 0.254 e. The van der Waals surface area contributed by atoms with Gasteiger partial charge in [-0.15, -0.1) is 0 Å². The largest absolute Gasteiger partial charge is 0.365 e. The van der Waals surface area contributed by atoms with Crippen LogP contribution >= 0.6 is 0 Å². The van der Waals surface area contributed by atoms with Crippen molar-refractivity contribution in [2.24, 2.45) is 11.7 Å². The molecule has 1 aliphatic heterocycles. The van der Waals surface area contributed by atoms with E-state index < -0.39 is 5.91 Å². The number of carbonyl (C=O) groups is 1. The zero-order chi connectivity index (χ0) is 22.0. The zero-order valence-corrected chi connectivity index (χ0v) is 17.0. The first-order valence-electron chi connectivity index (χ1n) is 9.88. The number of nitriles is 1. The Bertz CT molecular complexity index is 1120. The number of aromatic nitrogens is 3. The molecule has 3 N–H and O–H groups in total. The van der Waals surface area contributed by atoms with Crippen LogP contribution in [0.2, 0.25) is 0 Å². The van der Waals surface area contributed by atoms with Crippen molar-refractivity contribution < 1.29 is 13.7 Å². The fraction of sp³-hybridized carbons (Fsp3) is 0.333. The summed E-state index contributed by atoms with van der Waals surface area (Å²) in [6.45, 7) is 3.73. The highest BCUT2D eigenvalue weighted by molar-refractivity contribution is 5.98. The fourth-order valence-electron chi connectivity index (χ4n) is 3.79. The van der Waals surface area contributed by atoms with Crippen LogP contribution in [0.4, 0.5) is 15.9 Å². The van der Waals surface area contributed by atoms with Crippen LogP contribution in [0.15, 0.2) is 41.1 Å². The number of nitrogens with one attached hydrogen (secondary N) is 1. The van der Waals surface area contributed by atoms with Gasteiger partial charge in [-0.1, -0.05) is 5.16 Å². The molecular formula is C21H22FN7O2. The molecule has 0 saturated carbocycles. The van der Waals surface area contributed by atoms with Gasteiger partial charge >= 0.3 is 0 Å². The molecule has 3 heterocycles. The van der Waals surface area contributed by atoms with E-state index >= 15 is 0 Å². The Hall–Kier alpha value is -3.71. The van der Waals surface area contributed by atoms with Gasteiger partial charge in [0.1, 0.15) is 17.1 Å². The van der Waals surface area contributed by atoms with Crippen LogP contribution in [0.3, 0.4) is 0 Å². The van der Waals surface area contributed by atoms with E-state index in [4.69, 9.17) is 10.3 Å². The molecule has 1 fully saturated rings. The van der Waals surface area contributed by atoms with Gasteiger partial charge in [0, 0.05) is 31.0 Å². The molecule has 1 aliphatic rings. The summed E-state index contributed by atoms with van der Waals surface area (Å²) >= 11 is 0. The lowest BCUT2D eigenvalue weighted by molar-refractivity contribution is 0.1000. The molecule has 31 heavy (non-hydrogen) atoms. The molecule has 0 spiro atoms. The molecule has 4 rings (SSSR count). The Labute approximate surface area is 178 Å². The van der Waals surface area contributed by atoms with Crippen molar-refractivity contribution in [3.8, 4) is 6.07 Å². The highest BCUT2D eigenvalue weighted by Crippen LogP contribution is 2.30. The number of primary amides is 1. The molecule has 160 valence electrons. The van der Waals surface area contributed by atoms with Gasteiger partial charge in [0.25, 0.3) is 5.91 Å². The van der Waals surface area contributed by atoms with Crippen molar-refractivity contribution in [2.75, 3.05) is 18.4 Å². The zero-order valence-electron chi connectivity index (χ0n) is 17.0. The van der Waals surface area contributed by atoms with Gasteiger partial charge in [-0.2, -0.15) is 10.4 Å². The van der Waals surface area contributed by atoms with Crippen LogP contribution in [0.5, 0.6) is 0 Å². The summed E-state index contributed by atoms with van der Waals surface area (Å²) in [6.07, 6.45) is 2.22. The topological polar surface area (TPSA) is 126 Å². The number of carbonyl (C=O) groups excluding carboxylic acids is 1. The van der Waals surface area contributed by atoms with Gasteiger partial charge in [-0.25, -0.2) is 4.39 Å². The smallest absolute Gasteiger partial charge is 0.254 e. The molecule has 0 unspecified atom stereocenters. The minimum atomic E-state index is -0.643. The van der Waals surface area contributed by atoms with Crippen LogP contribution in [0.1, 0.15) is 34.3 Å². The third kappa shape index (κ3) is 4.57. The average molecular weight is 423 g/mol. The number of halogens is 1. The van der Waals surface area contributed by atoms with Gasteiger partial charge in [-0.05, 0) is 44.2 Å². The van der Waals surface area contributed by atoms with Gasteiger partial charge in [0.2, 0.25) is 0 Å². The second kappa shape index (κ2) is 8.57. The number of piperidine rings is 1. The summed E-state index contributed by atoms with van der Waals surface area (Å²) in [6, 6.07) is 9.66. The monoisotopic (exact) mass is 423 g/mol. The van der Waals surface area contributed by atoms with Crippen molar-refractivity contribution in [1.29, 1.82) is 5.26 Å². The molecule has 1 saturated heterocycles. The van der Waals surface area contributed by atoms with E-state index in [0.717, 1.165) is 18.0 Å². The van der Waals surface area contributed by atoms with Crippen molar-refractivity contribution in [3.63, 3.8) is 0 Å². The van der Waals surface area contributed by atoms with E-state index in [2.05, 4.69) is 26.5 Å². The number of likely N-dealkylation sites (tertiary alicyclic amines) is 1. The van der Waals surface area contributed by atoms with Crippen LogP contribution in [0, 0.1) is 30.0 Å². The van der Waals surface area contributed by atoms with E-state index in [1.165, 1.54) is 12.1 Å². The number of benzene rings is 1. The fourth-order valence-corrected chi connectivity index (χ4v) is 3.79. The van der Waals surface area contributed by atoms with Gasteiger partial charge < -0.3 is 15.6 Å². The SMILES string of the molecule is Cc1cc(CN2CC[C@H](C#N)[C@@H](n3cc(C(N)=O)c(Nc4ccc(F)cc4)n3)C2)no1. The summed E-state index contributed by atoms with van der Waals surface area (Å²) in [5.74, 6) is -0.273. The molecule has 9 nitrogen and oxygen atoms in total. The van der Waals surface area contributed by atoms with Crippen LogP contribution in [-0.4, -0.2) is 38.8 Å². The number of rotatable bonds is 6. The number of nitrogens with zero attached hydrogens (tertiary/aromatic N) is 5. The maximum atomic E-state index is 13.2. The minimum Gasteiger partial charge on any atom is -0.365 e. The predicted molar refractivity (Wildman–Crippen MR) is 110 cm³/mol. The predicted octanol–water partition coefficient (Wildman–Crippen LogP) is 2.75. The van der Waals surface area contributed by atoms with Crippen molar-refractivity contribution in [2.45, 2.75) is 25.9 Å². The third-order valence-corrected chi connectivity index (χ3v) is 5.34. The second-order valence-electron chi connectivity index (χ2n) is 7.62. The first-order chi connectivity index (χ1) is 14.9. The van der Waals surface area contributed by atoms with Crippen molar-refractivity contribution in [1.82, 2.24) is 19.8 Å². The number of aryl methyl sites for hydroxylation is 1. The Morgan fingerprint density at radius 1 is 1.42 bits per heavy atom. The molecule has 1 amide bonds. The Balaban J connectivity index is 1.58. The molecule has 2 atom stereocenters. The standard InChI is InChI=1S/C21H22FN7O2/c1-13-8-17(27-31-13)10-28-7-6-14(9-23)19(12-28)29-11-18(20(24)30)21(26-29)25-16-4-2-15(22)3-5-16/h2-5,8,11,14,19H,6-7,10,12H2,1H3,(H2,24,30)(H,25,26)/t14-,19+/m1/s1. The first kappa shape index (κ1) is 20.6. The van der Waals surface area contributed by atoms with E-state index in [9.17, 15) is 14.4 Å². The highest BCUT2D eigenvalue weighted by Gasteiger charge is 2.32. The minimum absolute atomic E-state index is 0.199. The lowest BCUT2D eigenvalue weighted by Crippen LogP contribution is -2.41. The number of amides is 1. The summed E-state index contributed by atoms with van der Waals surface area (Å²) in [7, 11) is 0. The van der Waals surface area contributed by atoms with Crippen LogP contribution in [0.25, 0.3) is 0 Å². The molecule has 0 radical (unpaired) electrons. The summed E-state index contributed by atoms with van der Waals surface area (Å²) < 4.78 is 20.0. The first-order valence-corrected chi connectivity index (χ1v) is 9.88. The number of nitrogens with two attached hydrogens (primary N) is 1. The van der Waals surface area contributed by atoms with Gasteiger partial charge in [-0.3, -0.25) is 14.4 Å². The molecule has 0 bridgehead atoms. The summed E-state index contributed by atoms with van der Waals surface area (Å²) in [5.41, 5.74) is 7.14. The Morgan fingerprint density at radius 2 is 2.19 bits per heavy atom. The van der Waals surface area contributed by atoms with E-state index in [0.29, 0.717) is 25.2 Å². The number of hydrogen-bond donors (Lipinski definition) is 2. The molecule has 1 aromatic carbocycles. The molecular weight excluding hydrogens is 401 g/mol. The molecule has 3 aromatic rings. The lowest BCUT2D eigenvalue weighted by Gasteiger charge is -2.35. The maximum absolute atomic E-state index is 13.2. The van der Waals surface area contributed by atoms with E-state index in [-0.39, 0.29) is 29.2 Å². The normalized spacial score (nSPS) is 19.1. The van der Waals surface area contributed by atoms with Gasteiger partial charge in [0.05, 0.1) is 23.7 Å². The Morgan fingerprint density at radius 3 is 2.84 bits per heavy atom.